The van der Waals surface area contributed by atoms with Gasteiger partial charge in [-0.15, -0.1) is 0 Å². The number of benzene rings is 1. The van der Waals surface area contributed by atoms with Crippen LogP contribution in [0.3, 0.4) is 0 Å². The van der Waals surface area contributed by atoms with Gasteiger partial charge in [-0.25, -0.2) is 4.39 Å². The molecule has 0 radical (unpaired) electrons. The Bertz CT molecular complexity index is 758. The van der Waals surface area contributed by atoms with E-state index in [0.29, 0.717) is 56.8 Å². The predicted octanol–water partition coefficient (Wildman–Crippen LogP) is 3.36. The maximum Gasteiger partial charge on any atom is 0.256 e. The third kappa shape index (κ3) is 3.77. The number of halogens is 2. The molecule has 1 unspecified atom stereocenters. The molecule has 2 saturated heterocycles. The fourth-order valence-corrected chi connectivity index (χ4v) is 5.05. The highest BCUT2D eigenvalue weighted by Gasteiger charge is 2.49. The molecule has 2 aliphatic heterocycles. The molecule has 1 spiro atoms. The Balaban J connectivity index is 1.34. The molecule has 3 aliphatic rings. The Labute approximate surface area is 169 Å². The van der Waals surface area contributed by atoms with Gasteiger partial charge in [-0.1, -0.05) is 11.6 Å². The van der Waals surface area contributed by atoms with Crippen LogP contribution in [0.4, 0.5) is 4.39 Å². The molecule has 2 amide bonds. The standard InChI is InChI=1S/C21H26ClFN2O3/c22-16-1-2-18(23)17(14-16)20(27)25-7-5-21(6-8-25)4-3-15(21)13-19(26)24-9-11-28-12-10-24/h1-2,14-15H,3-13H2. The van der Waals surface area contributed by atoms with Crippen LogP contribution in [0.15, 0.2) is 18.2 Å². The molecular weight excluding hydrogens is 383 g/mol. The first kappa shape index (κ1) is 19.6. The van der Waals surface area contributed by atoms with E-state index in [2.05, 4.69) is 0 Å². The number of rotatable bonds is 3. The highest BCUT2D eigenvalue weighted by Crippen LogP contribution is 2.55. The van der Waals surface area contributed by atoms with E-state index in [1.807, 2.05) is 4.90 Å². The Morgan fingerprint density at radius 3 is 2.46 bits per heavy atom. The molecule has 1 saturated carbocycles. The molecule has 0 bridgehead atoms. The summed E-state index contributed by atoms with van der Waals surface area (Å²) >= 11 is 5.93. The SMILES string of the molecule is O=C(CC1CCC12CCN(C(=O)c1cc(Cl)ccc1F)CC2)N1CCOCC1. The van der Waals surface area contributed by atoms with Crippen molar-refractivity contribution in [1.82, 2.24) is 9.80 Å². The number of morpholine rings is 1. The van der Waals surface area contributed by atoms with Gasteiger partial charge >= 0.3 is 0 Å². The van der Waals surface area contributed by atoms with E-state index < -0.39 is 5.82 Å². The van der Waals surface area contributed by atoms with Crippen LogP contribution < -0.4 is 0 Å². The predicted molar refractivity (Wildman–Crippen MR) is 104 cm³/mol. The summed E-state index contributed by atoms with van der Waals surface area (Å²) in [6.45, 7) is 3.83. The van der Waals surface area contributed by atoms with E-state index in [9.17, 15) is 14.0 Å². The smallest absolute Gasteiger partial charge is 0.256 e. The number of hydrogen-bond acceptors (Lipinski definition) is 3. The van der Waals surface area contributed by atoms with Crippen LogP contribution in [0.1, 0.15) is 42.5 Å². The van der Waals surface area contributed by atoms with Crippen molar-refractivity contribution in [2.45, 2.75) is 32.1 Å². The van der Waals surface area contributed by atoms with Crippen LogP contribution in [-0.4, -0.2) is 61.0 Å². The van der Waals surface area contributed by atoms with Gasteiger partial charge < -0.3 is 14.5 Å². The molecule has 5 nitrogen and oxygen atoms in total. The summed E-state index contributed by atoms with van der Waals surface area (Å²) < 4.78 is 19.4. The molecule has 7 heteroatoms. The Morgan fingerprint density at radius 1 is 1.11 bits per heavy atom. The van der Waals surface area contributed by atoms with Gasteiger partial charge in [0.1, 0.15) is 5.82 Å². The third-order valence-electron chi connectivity index (χ3n) is 6.85. The topological polar surface area (TPSA) is 49.9 Å². The molecular formula is C21H26ClFN2O3. The van der Waals surface area contributed by atoms with Gasteiger partial charge in [-0.3, -0.25) is 9.59 Å². The van der Waals surface area contributed by atoms with E-state index in [1.54, 1.807) is 4.90 Å². The van der Waals surface area contributed by atoms with Gasteiger partial charge in [0, 0.05) is 37.6 Å². The molecule has 152 valence electrons. The van der Waals surface area contributed by atoms with Crippen molar-refractivity contribution >= 4 is 23.4 Å². The largest absolute Gasteiger partial charge is 0.378 e. The number of carbonyl (C=O) groups excluding carboxylic acids is 2. The zero-order valence-corrected chi connectivity index (χ0v) is 16.7. The molecule has 4 rings (SSSR count). The molecule has 2 heterocycles. The number of hydrogen-bond donors (Lipinski definition) is 0. The molecule has 1 atom stereocenters. The number of amides is 2. The van der Waals surface area contributed by atoms with Crippen molar-refractivity contribution in [3.63, 3.8) is 0 Å². The van der Waals surface area contributed by atoms with Crippen molar-refractivity contribution in [1.29, 1.82) is 0 Å². The lowest BCUT2D eigenvalue weighted by Gasteiger charge is -2.54. The maximum atomic E-state index is 14.0. The summed E-state index contributed by atoms with van der Waals surface area (Å²) in [6.07, 6.45) is 4.54. The number of carbonyl (C=O) groups is 2. The highest BCUT2D eigenvalue weighted by atomic mass is 35.5. The number of ether oxygens (including phenoxy) is 1. The zero-order chi connectivity index (χ0) is 19.7. The Kier molecular flexibility index (Phi) is 5.61. The minimum absolute atomic E-state index is 0.0381. The number of nitrogens with zero attached hydrogens (tertiary/aromatic N) is 2. The first-order chi connectivity index (χ1) is 13.5. The second kappa shape index (κ2) is 7.99. The quantitative estimate of drug-likeness (QED) is 0.770. The van der Waals surface area contributed by atoms with Gasteiger partial charge in [0.2, 0.25) is 5.91 Å². The summed E-state index contributed by atoms with van der Waals surface area (Å²) in [5.41, 5.74) is 0.196. The van der Waals surface area contributed by atoms with E-state index in [1.165, 1.54) is 18.2 Å². The summed E-state index contributed by atoms with van der Waals surface area (Å²) in [6, 6.07) is 4.08. The normalized spacial score (nSPS) is 24.1. The third-order valence-corrected chi connectivity index (χ3v) is 7.08. The lowest BCUT2D eigenvalue weighted by Crippen LogP contribution is -2.52. The van der Waals surface area contributed by atoms with Crippen LogP contribution in [0, 0.1) is 17.2 Å². The summed E-state index contributed by atoms with van der Waals surface area (Å²) in [7, 11) is 0. The minimum Gasteiger partial charge on any atom is -0.378 e. The van der Waals surface area contributed by atoms with Crippen molar-refractivity contribution < 1.29 is 18.7 Å². The van der Waals surface area contributed by atoms with Gasteiger partial charge in [-0.2, -0.15) is 0 Å². The van der Waals surface area contributed by atoms with Crippen molar-refractivity contribution in [2.75, 3.05) is 39.4 Å². The van der Waals surface area contributed by atoms with Gasteiger partial charge in [-0.05, 0) is 55.2 Å². The Hall–Kier alpha value is -1.66. The second-order valence-corrected chi connectivity index (χ2v) is 8.65. The lowest BCUT2D eigenvalue weighted by molar-refractivity contribution is -0.141. The average Bonchev–Trinajstić information content (AvgIpc) is 2.73. The molecule has 1 aromatic carbocycles. The Morgan fingerprint density at radius 2 is 1.82 bits per heavy atom. The van der Waals surface area contributed by atoms with Gasteiger partial charge in [0.05, 0.1) is 18.8 Å². The van der Waals surface area contributed by atoms with Gasteiger partial charge in [0.15, 0.2) is 0 Å². The molecule has 0 aromatic heterocycles. The van der Waals surface area contributed by atoms with Crippen molar-refractivity contribution in [3.05, 3.63) is 34.6 Å². The number of piperidine rings is 1. The molecule has 1 aromatic rings. The monoisotopic (exact) mass is 408 g/mol. The molecule has 3 fully saturated rings. The van der Waals surface area contributed by atoms with Crippen LogP contribution in [0.25, 0.3) is 0 Å². The summed E-state index contributed by atoms with van der Waals surface area (Å²) in [5, 5.41) is 0.360. The zero-order valence-electron chi connectivity index (χ0n) is 16.0. The van der Waals surface area contributed by atoms with Gasteiger partial charge in [0.25, 0.3) is 5.91 Å². The average molecular weight is 409 g/mol. The van der Waals surface area contributed by atoms with Crippen molar-refractivity contribution in [3.8, 4) is 0 Å². The molecule has 1 aliphatic carbocycles. The van der Waals surface area contributed by atoms with E-state index in [0.717, 1.165) is 25.7 Å². The van der Waals surface area contributed by atoms with Crippen molar-refractivity contribution in [2.24, 2.45) is 11.3 Å². The van der Waals surface area contributed by atoms with Crippen LogP contribution >= 0.6 is 11.6 Å². The lowest BCUT2D eigenvalue weighted by atomic mass is 9.54. The minimum atomic E-state index is -0.535. The summed E-state index contributed by atoms with van der Waals surface area (Å²) in [4.78, 5) is 29.0. The summed E-state index contributed by atoms with van der Waals surface area (Å²) in [5.74, 6) is -0.211. The van der Waals surface area contributed by atoms with Crippen LogP contribution in [-0.2, 0) is 9.53 Å². The van der Waals surface area contributed by atoms with E-state index >= 15 is 0 Å². The van der Waals surface area contributed by atoms with E-state index in [4.69, 9.17) is 16.3 Å². The second-order valence-electron chi connectivity index (χ2n) is 8.21. The van der Waals surface area contributed by atoms with Crippen LogP contribution in [0.2, 0.25) is 5.02 Å². The molecule has 0 N–H and O–H groups in total. The van der Waals surface area contributed by atoms with E-state index in [-0.39, 0.29) is 22.8 Å². The number of likely N-dealkylation sites (tertiary alicyclic amines) is 1. The first-order valence-corrected chi connectivity index (χ1v) is 10.5. The highest BCUT2D eigenvalue weighted by molar-refractivity contribution is 6.31. The fraction of sp³-hybridized carbons (Fsp3) is 0.619. The molecule has 28 heavy (non-hydrogen) atoms. The first-order valence-electron chi connectivity index (χ1n) is 10.1. The maximum absolute atomic E-state index is 14.0. The fourth-order valence-electron chi connectivity index (χ4n) is 4.87. The van der Waals surface area contributed by atoms with Crippen LogP contribution in [0.5, 0.6) is 0 Å².